The summed E-state index contributed by atoms with van der Waals surface area (Å²) in [7, 11) is 4.05. The summed E-state index contributed by atoms with van der Waals surface area (Å²) in [5, 5.41) is 1.76. The van der Waals surface area contributed by atoms with Crippen molar-refractivity contribution in [3.8, 4) is 0 Å². The second-order valence-electron chi connectivity index (χ2n) is 6.18. The van der Waals surface area contributed by atoms with Crippen LogP contribution in [0.15, 0.2) is 59.0 Å². The molecule has 2 nitrogen and oxygen atoms in total. The normalized spacial score (nSPS) is 11.3. The number of hydrogen-bond acceptors (Lipinski definition) is 2. The summed E-state index contributed by atoms with van der Waals surface area (Å²) in [5.41, 5.74) is 4.85. The first-order chi connectivity index (χ1) is 11.6. The van der Waals surface area contributed by atoms with Crippen LogP contribution in [-0.2, 0) is 6.42 Å². The molecule has 0 aliphatic carbocycles. The Labute approximate surface area is 140 Å². The van der Waals surface area contributed by atoms with Gasteiger partial charge in [-0.25, -0.2) is 4.39 Å². The van der Waals surface area contributed by atoms with Gasteiger partial charge in [-0.15, -0.1) is 0 Å². The van der Waals surface area contributed by atoms with Crippen molar-refractivity contribution in [2.45, 2.75) is 6.42 Å². The van der Waals surface area contributed by atoms with Crippen LogP contribution in [-0.4, -0.2) is 14.1 Å². The minimum absolute atomic E-state index is 0.254. The predicted octanol–water partition coefficient (Wildman–Crippen LogP) is 5.18. The number of anilines is 1. The van der Waals surface area contributed by atoms with Crippen LogP contribution in [0.3, 0.4) is 0 Å². The molecule has 0 fully saturated rings. The molecule has 4 aromatic rings. The molecule has 24 heavy (non-hydrogen) atoms. The number of benzene rings is 3. The average molecular weight is 318 g/mol. The van der Waals surface area contributed by atoms with Crippen LogP contribution >= 0.6 is 0 Å². The van der Waals surface area contributed by atoms with Crippen molar-refractivity contribution < 1.29 is 8.81 Å². The van der Waals surface area contributed by atoms with Crippen LogP contribution in [0.4, 0.5) is 10.1 Å². The van der Waals surface area contributed by atoms with E-state index in [2.05, 4.69) is 35.2 Å². The van der Waals surface area contributed by atoms with E-state index in [1.807, 2.05) is 26.2 Å². The summed E-state index contributed by atoms with van der Waals surface area (Å²) < 4.78 is 19.5. The molecule has 0 aliphatic rings. The fourth-order valence-corrected chi connectivity index (χ4v) is 3.06. The van der Waals surface area contributed by atoms with Gasteiger partial charge in [-0.2, -0.15) is 0 Å². The van der Waals surface area contributed by atoms with Crippen molar-refractivity contribution in [3.63, 3.8) is 0 Å². The standard InChI is InChI=1S/C21H17FNO/c1-23(2)17-9-6-14(7-10-17)12-15-4-3-5-20-21(15)18-13-16(22)8-11-19(18)24-20/h3,5-11,13H,12H2,1-2H3. The Morgan fingerprint density at radius 1 is 1.00 bits per heavy atom. The Hall–Kier alpha value is -2.81. The van der Waals surface area contributed by atoms with E-state index in [0.29, 0.717) is 5.58 Å². The lowest BCUT2D eigenvalue weighted by molar-refractivity contribution is 0.626. The van der Waals surface area contributed by atoms with Crippen LogP contribution < -0.4 is 4.90 Å². The number of furan rings is 1. The van der Waals surface area contributed by atoms with E-state index in [1.165, 1.54) is 17.7 Å². The van der Waals surface area contributed by atoms with Gasteiger partial charge in [0.2, 0.25) is 0 Å². The first-order valence-electron chi connectivity index (χ1n) is 7.89. The molecule has 119 valence electrons. The van der Waals surface area contributed by atoms with E-state index in [1.54, 1.807) is 6.07 Å². The zero-order chi connectivity index (χ0) is 16.7. The maximum absolute atomic E-state index is 13.7. The van der Waals surface area contributed by atoms with Crippen LogP contribution in [0.1, 0.15) is 11.1 Å². The van der Waals surface area contributed by atoms with E-state index in [9.17, 15) is 4.39 Å². The molecule has 1 radical (unpaired) electrons. The fourth-order valence-electron chi connectivity index (χ4n) is 3.06. The molecule has 0 unspecified atom stereocenters. The SMILES string of the molecule is CN(C)c1ccc(Cc2[c]ccc3oc4ccc(F)cc4c23)cc1. The lowest BCUT2D eigenvalue weighted by Gasteiger charge is -2.12. The molecule has 0 amide bonds. The number of hydrogen-bond donors (Lipinski definition) is 0. The van der Waals surface area contributed by atoms with Gasteiger partial charge < -0.3 is 9.32 Å². The summed E-state index contributed by atoms with van der Waals surface area (Å²) in [4.78, 5) is 2.07. The third-order valence-electron chi connectivity index (χ3n) is 4.30. The molecular formula is C21H17FNO. The first-order valence-corrected chi connectivity index (χ1v) is 7.89. The third kappa shape index (κ3) is 2.52. The van der Waals surface area contributed by atoms with E-state index >= 15 is 0 Å². The first kappa shape index (κ1) is 14.8. The molecule has 0 bridgehead atoms. The zero-order valence-corrected chi connectivity index (χ0v) is 13.6. The second-order valence-corrected chi connectivity index (χ2v) is 6.18. The third-order valence-corrected chi connectivity index (χ3v) is 4.30. The van der Waals surface area contributed by atoms with Crippen molar-refractivity contribution >= 4 is 27.6 Å². The van der Waals surface area contributed by atoms with E-state index in [-0.39, 0.29) is 5.82 Å². The van der Waals surface area contributed by atoms with Crippen molar-refractivity contribution in [1.82, 2.24) is 0 Å². The highest BCUT2D eigenvalue weighted by Gasteiger charge is 2.12. The molecule has 0 N–H and O–H groups in total. The number of nitrogens with zero attached hydrogens (tertiary/aromatic N) is 1. The van der Waals surface area contributed by atoms with E-state index in [0.717, 1.165) is 34.0 Å². The van der Waals surface area contributed by atoms with E-state index < -0.39 is 0 Å². The van der Waals surface area contributed by atoms with Gasteiger partial charge in [0.25, 0.3) is 0 Å². The Balaban J connectivity index is 1.81. The molecule has 0 saturated carbocycles. The fraction of sp³-hybridized carbons (Fsp3) is 0.143. The van der Waals surface area contributed by atoms with Crippen LogP contribution in [0.2, 0.25) is 0 Å². The summed E-state index contributed by atoms with van der Waals surface area (Å²) in [6.07, 6.45) is 0.732. The van der Waals surface area contributed by atoms with Crippen molar-refractivity contribution in [2.24, 2.45) is 0 Å². The summed E-state index contributed by atoms with van der Waals surface area (Å²) in [5.74, 6) is -0.254. The molecule has 0 saturated heterocycles. The van der Waals surface area contributed by atoms with Crippen LogP contribution in [0.25, 0.3) is 21.9 Å². The lowest BCUT2D eigenvalue weighted by atomic mass is 9.99. The van der Waals surface area contributed by atoms with Gasteiger partial charge in [0.05, 0.1) is 0 Å². The second kappa shape index (κ2) is 5.68. The van der Waals surface area contributed by atoms with Gasteiger partial charge in [-0.3, -0.25) is 0 Å². The summed E-state index contributed by atoms with van der Waals surface area (Å²) in [6.45, 7) is 0. The van der Waals surface area contributed by atoms with Crippen LogP contribution in [0, 0.1) is 11.9 Å². The van der Waals surface area contributed by atoms with Gasteiger partial charge in [-0.1, -0.05) is 18.2 Å². The zero-order valence-electron chi connectivity index (χ0n) is 13.6. The maximum atomic E-state index is 13.7. The average Bonchev–Trinajstić information content (AvgIpc) is 2.94. The molecule has 3 heteroatoms. The van der Waals surface area contributed by atoms with Crippen molar-refractivity contribution in [2.75, 3.05) is 19.0 Å². The Morgan fingerprint density at radius 2 is 1.79 bits per heavy atom. The predicted molar refractivity (Wildman–Crippen MR) is 96.1 cm³/mol. The summed E-state index contributed by atoms with van der Waals surface area (Å²) in [6, 6.07) is 20.1. The van der Waals surface area contributed by atoms with Gasteiger partial charge in [0.1, 0.15) is 17.0 Å². The lowest BCUT2D eigenvalue weighted by Crippen LogP contribution is -2.08. The number of halogens is 1. The molecule has 3 aromatic carbocycles. The molecular weight excluding hydrogens is 301 g/mol. The molecule has 4 rings (SSSR count). The van der Waals surface area contributed by atoms with Crippen molar-refractivity contribution in [3.05, 3.63) is 77.6 Å². The van der Waals surface area contributed by atoms with Gasteiger partial charge in [-0.05, 0) is 60.0 Å². The van der Waals surface area contributed by atoms with Gasteiger partial charge >= 0.3 is 0 Å². The smallest absolute Gasteiger partial charge is 0.135 e. The largest absolute Gasteiger partial charge is 0.456 e. The highest BCUT2D eigenvalue weighted by Crippen LogP contribution is 2.32. The topological polar surface area (TPSA) is 16.4 Å². The molecule has 0 spiro atoms. The number of fused-ring (bicyclic) bond motifs is 3. The molecule has 0 atom stereocenters. The monoisotopic (exact) mass is 318 g/mol. The number of rotatable bonds is 3. The minimum Gasteiger partial charge on any atom is -0.456 e. The highest BCUT2D eigenvalue weighted by molar-refractivity contribution is 6.06. The minimum atomic E-state index is -0.254. The Kier molecular flexibility index (Phi) is 3.49. The maximum Gasteiger partial charge on any atom is 0.135 e. The summed E-state index contributed by atoms with van der Waals surface area (Å²) >= 11 is 0. The van der Waals surface area contributed by atoms with Gasteiger partial charge in [0.15, 0.2) is 0 Å². The quantitative estimate of drug-likeness (QED) is 0.517. The molecule has 1 heterocycles. The Bertz CT molecular complexity index is 1020. The van der Waals surface area contributed by atoms with Gasteiger partial charge in [0, 0.05) is 30.6 Å². The molecule has 0 aliphatic heterocycles. The van der Waals surface area contributed by atoms with Crippen molar-refractivity contribution in [1.29, 1.82) is 0 Å². The Morgan fingerprint density at radius 3 is 2.54 bits per heavy atom. The van der Waals surface area contributed by atoms with Crippen LogP contribution in [0.5, 0.6) is 0 Å². The van der Waals surface area contributed by atoms with E-state index in [4.69, 9.17) is 4.42 Å². The molecule has 1 aromatic heterocycles. The highest BCUT2D eigenvalue weighted by atomic mass is 19.1.